The number of aromatic nitrogens is 4. The van der Waals surface area contributed by atoms with Crippen LogP contribution in [0.1, 0.15) is 13.8 Å². The smallest absolute Gasteiger partial charge is 0.173 e. The van der Waals surface area contributed by atoms with Gasteiger partial charge in [-0.25, -0.2) is 9.97 Å². The summed E-state index contributed by atoms with van der Waals surface area (Å²) in [6.45, 7) is 7.05. The van der Waals surface area contributed by atoms with Crippen LogP contribution >= 0.6 is 12.2 Å². The monoisotopic (exact) mass is 445 g/mol. The molecule has 1 fully saturated rings. The average Bonchev–Trinajstić information content (AvgIpc) is 3.20. The predicted octanol–water partition coefficient (Wildman–Crippen LogP) is 4.06. The van der Waals surface area contributed by atoms with Crippen molar-refractivity contribution in [3.05, 3.63) is 55.1 Å². The third-order valence-corrected chi connectivity index (χ3v) is 6.61. The van der Waals surface area contributed by atoms with Crippen molar-refractivity contribution in [1.82, 2.24) is 24.4 Å². The Balaban J connectivity index is 1.39. The fourth-order valence-electron chi connectivity index (χ4n) is 4.54. The SMILES string of the molecule is CC(C)C1CN(c2ncnc3c2ccn3C)CCN1C(=S)Nc1cccc2ncccc12. The fourth-order valence-corrected chi connectivity index (χ4v) is 4.88. The van der Waals surface area contributed by atoms with Crippen LogP contribution in [-0.2, 0) is 7.05 Å². The molecule has 1 aliphatic rings. The van der Waals surface area contributed by atoms with Gasteiger partial charge < -0.3 is 19.7 Å². The highest BCUT2D eigenvalue weighted by molar-refractivity contribution is 7.80. The molecule has 7 nitrogen and oxygen atoms in total. The highest BCUT2D eigenvalue weighted by Gasteiger charge is 2.32. The lowest BCUT2D eigenvalue weighted by atomic mass is 9.99. The molecule has 0 aliphatic carbocycles. The maximum atomic E-state index is 5.90. The number of piperazine rings is 1. The molecule has 164 valence electrons. The standard InChI is InChI=1S/C24H27N7S/c1-16(2)21-14-30(23-18-9-11-29(3)22(18)26-15-27-23)12-13-31(21)24(32)28-20-8-4-7-19-17(20)6-5-10-25-19/h4-11,15-16,21H,12-14H2,1-3H3,(H,28,32). The first-order valence-corrected chi connectivity index (χ1v) is 11.4. The van der Waals surface area contributed by atoms with Crippen molar-refractivity contribution < 1.29 is 0 Å². The number of rotatable bonds is 3. The fraction of sp³-hybridized carbons (Fsp3) is 0.333. The molecule has 1 saturated heterocycles. The Labute approximate surface area is 193 Å². The molecule has 0 amide bonds. The summed E-state index contributed by atoms with van der Waals surface area (Å²) in [5, 5.41) is 6.42. The third kappa shape index (κ3) is 3.64. The maximum Gasteiger partial charge on any atom is 0.173 e. The zero-order chi connectivity index (χ0) is 22.2. The van der Waals surface area contributed by atoms with E-state index in [1.165, 1.54) is 0 Å². The molecule has 0 saturated carbocycles. The number of nitrogens with one attached hydrogen (secondary N) is 1. The molecule has 1 unspecified atom stereocenters. The zero-order valence-corrected chi connectivity index (χ0v) is 19.4. The van der Waals surface area contributed by atoms with E-state index < -0.39 is 0 Å². The van der Waals surface area contributed by atoms with Crippen molar-refractivity contribution in [2.24, 2.45) is 13.0 Å². The molecule has 0 bridgehead atoms. The molecule has 0 radical (unpaired) electrons. The van der Waals surface area contributed by atoms with Gasteiger partial charge in [0.2, 0.25) is 0 Å². The van der Waals surface area contributed by atoms with E-state index in [1.54, 1.807) is 6.33 Å². The summed E-state index contributed by atoms with van der Waals surface area (Å²) < 4.78 is 2.04. The lowest BCUT2D eigenvalue weighted by molar-refractivity contribution is 0.227. The Morgan fingerprint density at radius 2 is 1.94 bits per heavy atom. The van der Waals surface area contributed by atoms with E-state index in [0.29, 0.717) is 5.92 Å². The van der Waals surface area contributed by atoms with Crippen LogP contribution in [0.3, 0.4) is 0 Å². The molecule has 32 heavy (non-hydrogen) atoms. The summed E-state index contributed by atoms with van der Waals surface area (Å²) >= 11 is 5.90. The van der Waals surface area contributed by atoms with Gasteiger partial charge in [-0.1, -0.05) is 19.9 Å². The van der Waals surface area contributed by atoms with E-state index in [4.69, 9.17) is 12.2 Å². The van der Waals surface area contributed by atoms with E-state index in [-0.39, 0.29) is 6.04 Å². The van der Waals surface area contributed by atoms with Crippen molar-refractivity contribution >= 4 is 50.8 Å². The molecule has 1 N–H and O–H groups in total. The van der Waals surface area contributed by atoms with Crippen LogP contribution in [-0.4, -0.2) is 55.2 Å². The van der Waals surface area contributed by atoms with Crippen LogP contribution in [0.25, 0.3) is 21.9 Å². The number of pyridine rings is 1. The van der Waals surface area contributed by atoms with E-state index in [2.05, 4.69) is 62.1 Å². The van der Waals surface area contributed by atoms with Gasteiger partial charge in [0.1, 0.15) is 17.8 Å². The highest BCUT2D eigenvalue weighted by Crippen LogP contribution is 2.28. The lowest BCUT2D eigenvalue weighted by Crippen LogP contribution is -2.58. The number of hydrogen-bond donors (Lipinski definition) is 1. The van der Waals surface area contributed by atoms with Gasteiger partial charge in [-0.05, 0) is 48.5 Å². The molecular weight excluding hydrogens is 418 g/mol. The molecule has 3 aromatic heterocycles. The van der Waals surface area contributed by atoms with Crippen molar-refractivity contribution in [1.29, 1.82) is 0 Å². The molecule has 4 heterocycles. The van der Waals surface area contributed by atoms with E-state index >= 15 is 0 Å². The first kappa shape index (κ1) is 20.6. The minimum absolute atomic E-state index is 0.269. The number of benzene rings is 1. The number of anilines is 2. The highest BCUT2D eigenvalue weighted by atomic mass is 32.1. The Morgan fingerprint density at radius 1 is 1.06 bits per heavy atom. The molecule has 1 atom stereocenters. The van der Waals surface area contributed by atoms with Gasteiger partial charge in [0, 0.05) is 50.1 Å². The van der Waals surface area contributed by atoms with Gasteiger partial charge in [0.05, 0.1) is 16.9 Å². The van der Waals surface area contributed by atoms with Crippen molar-refractivity contribution in [2.75, 3.05) is 29.9 Å². The van der Waals surface area contributed by atoms with E-state index in [9.17, 15) is 0 Å². The largest absolute Gasteiger partial charge is 0.352 e. The Morgan fingerprint density at radius 3 is 2.78 bits per heavy atom. The van der Waals surface area contributed by atoms with Crippen LogP contribution in [0.2, 0.25) is 0 Å². The Hall–Kier alpha value is -3.26. The average molecular weight is 446 g/mol. The first-order valence-electron chi connectivity index (χ1n) is 11.0. The molecule has 0 spiro atoms. The summed E-state index contributed by atoms with van der Waals surface area (Å²) in [7, 11) is 2.01. The molecule has 1 aromatic carbocycles. The van der Waals surface area contributed by atoms with Gasteiger partial charge in [-0.15, -0.1) is 0 Å². The van der Waals surface area contributed by atoms with Gasteiger partial charge in [-0.2, -0.15) is 0 Å². The van der Waals surface area contributed by atoms with Gasteiger partial charge in [-0.3, -0.25) is 4.98 Å². The molecule has 4 aromatic rings. The second-order valence-electron chi connectivity index (χ2n) is 8.62. The van der Waals surface area contributed by atoms with Crippen molar-refractivity contribution in [2.45, 2.75) is 19.9 Å². The van der Waals surface area contributed by atoms with Crippen LogP contribution in [0, 0.1) is 5.92 Å². The lowest BCUT2D eigenvalue weighted by Gasteiger charge is -2.45. The first-order chi connectivity index (χ1) is 15.5. The van der Waals surface area contributed by atoms with Crippen LogP contribution in [0.15, 0.2) is 55.1 Å². The predicted molar refractivity (Wildman–Crippen MR) is 134 cm³/mol. The summed E-state index contributed by atoms with van der Waals surface area (Å²) in [5.41, 5.74) is 2.91. The quantitative estimate of drug-likeness (QED) is 0.477. The molecule has 8 heteroatoms. The third-order valence-electron chi connectivity index (χ3n) is 6.28. The Bertz CT molecular complexity index is 1280. The topological polar surface area (TPSA) is 62.1 Å². The van der Waals surface area contributed by atoms with Crippen molar-refractivity contribution in [3.63, 3.8) is 0 Å². The number of hydrogen-bond acceptors (Lipinski definition) is 5. The molecule has 5 rings (SSSR count). The van der Waals surface area contributed by atoms with Crippen molar-refractivity contribution in [3.8, 4) is 0 Å². The summed E-state index contributed by atoms with van der Waals surface area (Å²) in [5.74, 6) is 1.43. The Kier molecular flexibility index (Phi) is 5.38. The summed E-state index contributed by atoms with van der Waals surface area (Å²) in [6, 6.07) is 12.5. The second kappa shape index (κ2) is 8.35. The second-order valence-corrected chi connectivity index (χ2v) is 9.00. The summed E-state index contributed by atoms with van der Waals surface area (Å²) in [4.78, 5) is 18.2. The van der Waals surface area contributed by atoms with Gasteiger partial charge in [0.15, 0.2) is 5.11 Å². The van der Waals surface area contributed by atoms with Crippen LogP contribution < -0.4 is 10.2 Å². The number of thiocarbonyl (C=S) groups is 1. The zero-order valence-electron chi connectivity index (χ0n) is 18.6. The van der Waals surface area contributed by atoms with Crippen LogP contribution in [0.5, 0.6) is 0 Å². The van der Waals surface area contributed by atoms with Crippen LogP contribution in [0.4, 0.5) is 11.5 Å². The molecular formula is C24H27N7S. The number of aryl methyl sites for hydroxylation is 1. The van der Waals surface area contributed by atoms with Gasteiger partial charge in [0.25, 0.3) is 0 Å². The minimum Gasteiger partial charge on any atom is -0.352 e. The van der Waals surface area contributed by atoms with E-state index in [0.717, 1.165) is 58.2 Å². The minimum atomic E-state index is 0.269. The maximum absolute atomic E-state index is 5.90. The summed E-state index contributed by atoms with van der Waals surface area (Å²) in [6.07, 6.45) is 5.52. The number of fused-ring (bicyclic) bond motifs is 2. The molecule has 1 aliphatic heterocycles. The van der Waals surface area contributed by atoms with Gasteiger partial charge >= 0.3 is 0 Å². The van der Waals surface area contributed by atoms with E-state index in [1.807, 2.05) is 42.2 Å². The number of nitrogens with zero attached hydrogens (tertiary/aromatic N) is 6. The normalized spacial score (nSPS) is 16.8.